The van der Waals surface area contributed by atoms with Crippen molar-refractivity contribution >= 4 is 26.8 Å². The number of hydrogen-bond acceptors (Lipinski definition) is 4. The van der Waals surface area contributed by atoms with E-state index in [0.29, 0.717) is 11.0 Å². The molecule has 0 aliphatic heterocycles. The van der Waals surface area contributed by atoms with Crippen molar-refractivity contribution in [2.75, 3.05) is 6.26 Å². The third-order valence-corrected chi connectivity index (χ3v) is 5.20. The van der Waals surface area contributed by atoms with E-state index in [4.69, 9.17) is 0 Å². The predicted molar refractivity (Wildman–Crippen MR) is 87.9 cm³/mol. The standard InChI is InChI=1S/C16H21N3O3S/c1-23(21,22)16-18-13-9-5-6-10-14(13)19(16)11-15(20)17-12-7-3-2-4-8-12/h5-6,9-10,12H,2-4,7-8,11H2,1H3,(H,17,20). The first kappa shape index (κ1) is 16.0. The summed E-state index contributed by atoms with van der Waals surface area (Å²) in [6.45, 7) is -0.0284. The summed E-state index contributed by atoms with van der Waals surface area (Å²) in [6.07, 6.45) is 6.59. The lowest BCUT2D eigenvalue weighted by Gasteiger charge is -2.23. The van der Waals surface area contributed by atoms with Crippen LogP contribution >= 0.6 is 0 Å². The number of nitrogens with one attached hydrogen (secondary N) is 1. The molecule has 124 valence electrons. The summed E-state index contributed by atoms with van der Waals surface area (Å²) < 4.78 is 25.4. The maximum Gasteiger partial charge on any atom is 0.240 e. The Morgan fingerprint density at radius 3 is 2.65 bits per heavy atom. The van der Waals surface area contributed by atoms with Gasteiger partial charge in [-0.25, -0.2) is 13.4 Å². The second kappa shape index (κ2) is 6.31. The third kappa shape index (κ3) is 3.55. The second-order valence-corrected chi connectivity index (χ2v) is 8.05. The Balaban J connectivity index is 1.87. The van der Waals surface area contributed by atoms with E-state index in [9.17, 15) is 13.2 Å². The SMILES string of the molecule is CS(=O)(=O)c1nc2ccccc2n1CC(=O)NC1CCCCC1. The molecular formula is C16H21N3O3S. The first-order valence-electron chi connectivity index (χ1n) is 7.90. The predicted octanol–water partition coefficient (Wildman–Crippen LogP) is 1.89. The van der Waals surface area contributed by atoms with Gasteiger partial charge in [0.2, 0.25) is 20.9 Å². The van der Waals surface area contributed by atoms with Crippen molar-refractivity contribution in [3.63, 3.8) is 0 Å². The summed E-state index contributed by atoms with van der Waals surface area (Å²) in [6, 6.07) is 7.34. The van der Waals surface area contributed by atoms with Gasteiger partial charge in [0.05, 0.1) is 11.0 Å². The lowest BCUT2D eigenvalue weighted by atomic mass is 9.95. The molecule has 1 aromatic heterocycles. The summed E-state index contributed by atoms with van der Waals surface area (Å²) >= 11 is 0. The molecule has 2 aromatic rings. The lowest BCUT2D eigenvalue weighted by molar-refractivity contribution is -0.122. The average Bonchev–Trinajstić information content (AvgIpc) is 2.87. The molecule has 0 saturated heterocycles. The minimum absolute atomic E-state index is 0.0284. The Kier molecular flexibility index (Phi) is 4.39. The molecule has 3 rings (SSSR count). The maximum absolute atomic E-state index is 12.3. The van der Waals surface area contributed by atoms with Crippen LogP contribution in [0.25, 0.3) is 11.0 Å². The van der Waals surface area contributed by atoms with Gasteiger partial charge in [0, 0.05) is 12.3 Å². The number of aromatic nitrogens is 2. The first-order chi connectivity index (χ1) is 10.9. The van der Waals surface area contributed by atoms with Crippen molar-refractivity contribution in [2.24, 2.45) is 0 Å². The molecule has 1 amide bonds. The average molecular weight is 335 g/mol. The van der Waals surface area contributed by atoms with E-state index in [-0.39, 0.29) is 23.7 Å². The van der Waals surface area contributed by atoms with E-state index in [1.165, 1.54) is 11.0 Å². The molecule has 23 heavy (non-hydrogen) atoms. The fraction of sp³-hybridized carbons (Fsp3) is 0.500. The molecule has 1 aliphatic carbocycles. The monoisotopic (exact) mass is 335 g/mol. The van der Waals surface area contributed by atoms with Crippen LogP contribution in [0.1, 0.15) is 32.1 Å². The zero-order chi connectivity index (χ0) is 16.4. The Bertz CT molecular complexity index is 820. The maximum atomic E-state index is 12.3. The molecule has 1 aromatic carbocycles. The normalized spacial score (nSPS) is 16.6. The second-order valence-electron chi connectivity index (χ2n) is 6.14. The van der Waals surface area contributed by atoms with Crippen molar-refractivity contribution in [1.29, 1.82) is 0 Å². The van der Waals surface area contributed by atoms with Gasteiger partial charge in [0.25, 0.3) is 0 Å². The van der Waals surface area contributed by atoms with Crippen LogP contribution in [0.15, 0.2) is 29.4 Å². The van der Waals surface area contributed by atoms with Gasteiger partial charge < -0.3 is 9.88 Å². The van der Waals surface area contributed by atoms with E-state index in [1.54, 1.807) is 18.2 Å². The fourth-order valence-electron chi connectivity index (χ4n) is 3.15. The number of fused-ring (bicyclic) bond motifs is 1. The summed E-state index contributed by atoms with van der Waals surface area (Å²) in [5, 5.41) is 2.96. The van der Waals surface area contributed by atoms with Crippen LogP contribution in [-0.4, -0.2) is 36.2 Å². The van der Waals surface area contributed by atoms with Crippen molar-refractivity contribution < 1.29 is 13.2 Å². The number of rotatable bonds is 4. The number of benzene rings is 1. The number of sulfone groups is 1. The molecule has 1 aliphatic rings. The van der Waals surface area contributed by atoms with Gasteiger partial charge in [-0.15, -0.1) is 0 Å². The van der Waals surface area contributed by atoms with Crippen LogP contribution in [-0.2, 0) is 21.2 Å². The van der Waals surface area contributed by atoms with Gasteiger partial charge >= 0.3 is 0 Å². The number of carbonyl (C=O) groups excluding carboxylic acids is 1. The van der Waals surface area contributed by atoms with Crippen LogP contribution in [0.3, 0.4) is 0 Å². The number of imidazole rings is 1. The Morgan fingerprint density at radius 1 is 1.26 bits per heavy atom. The molecule has 0 unspecified atom stereocenters. The first-order valence-corrected chi connectivity index (χ1v) is 9.79. The van der Waals surface area contributed by atoms with Gasteiger partial charge in [0.1, 0.15) is 6.54 Å². The molecule has 7 heteroatoms. The Hall–Kier alpha value is -1.89. The minimum atomic E-state index is -3.50. The fourth-order valence-corrected chi connectivity index (χ4v) is 3.98. The molecular weight excluding hydrogens is 314 g/mol. The number of para-hydroxylation sites is 2. The highest BCUT2D eigenvalue weighted by Crippen LogP contribution is 2.20. The topological polar surface area (TPSA) is 81.1 Å². The van der Waals surface area contributed by atoms with Crippen LogP contribution in [0.4, 0.5) is 0 Å². The van der Waals surface area contributed by atoms with Crippen molar-refractivity contribution in [1.82, 2.24) is 14.9 Å². The number of amides is 1. The number of nitrogens with zero attached hydrogens (tertiary/aromatic N) is 2. The largest absolute Gasteiger partial charge is 0.352 e. The Morgan fingerprint density at radius 2 is 1.96 bits per heavy atom. The molecule has 1 heterocycles. The minimum Gasteiger partial charge on any atom is -0.352 e. The van der Waals surface area contributed by atoms with Crippen LogP contribution in [0.2, 0.25) is 0 Å². The summed E-state index contributed by atoms with van der Waals surface area (Å²) in [4.78, 5) is 16.5. The molecule has 0 bridgehead atoms. The summed E-state index contributed by atoms with van der Waals surface area (Å²) in [7, 11) is -3.50. The number of hydrogen-bond donors (Lipinski definition) is 1. The Labute approximate surface area is 135 Å². The van der Waals surface area contributed by atoms with Gasteiger partial charge in [0.15, 0.2) is 0 Å². The van der Waals surface area contributed by atoms with E-state index < -0.39 is 9.84 Å². The number of carbonyl (C=O) groups is 1. The van der Waals surface area contributed by atoms with Crippen molar-refractivity contribution in [3.8, 4) is 0 Å². The zero-order valence-corrected chi connectivity index (χ0v) is 14.0. The van der Waals surface area contributed by atoms with Gasteiger partial charge in [-0.2, -0.15) is 0 Å². The summed E-state index contributed by atoms with van der Waals surface area (Å²) in [5.74, 6) is -0.162. The van der Waals surface area contributed by atoms with E-state index in [1.807, 2.05) is 6.07 Å². The molecule has 1 N–H and O–H groups in total. The molecule has 1 fully saturated rings. The quantitative estimate of drug-likeness (QED) is 0.925. The van der Waals surface area contributed by atoms with Crippen LogP contribution < -0.4 is 5.32 Å². The van der Waals surface area contributed by atoms with Gasteiger partial charge in [-0.05, 0) is 25.0 Å². The highest BCUT2D eigenvalue weighted by atomic mass is 32.2. The molecule has 0 spiro atoms. The van der Waals surface area contributed by atoms with Crippen LogP contribution in [0.5, 0.6) is 0 Å². The molecule has 6 nitrogen and oxygen atoms in total. The third-order valence-electron chi connectivity index (χ3n) is 4.22. The molecule has 0 radical (unpaired) electrons. The summed E-state index contributed by atoms with van der Waals surface area (Å²) in [5.41, 5.74) is 1.24. The van der Waals surface area contributed by atoms with E-state index in [2.05, 4.69) is 10.3 Å². The lowest BCUT2D eigenvalue weighted by Crippen LogP contribution is -2.38. The smallest absolute Gasteiger partial charge is 0.240 e. The zero-order valence-electron chi connectivity index (χ0n) is 13.2. The van der Waals surface area contributed by atoms with E-state index in [0.717, 1.165) is 31.9 Å². The van der Waals surface area contributed by atoms with Crippen molar-refractivity contribution in [3.05, 3.63) is 24.3 Å². The molecule has 0 atom stereocenters. The molecule has 1 saturated carbocycles. The van der Waals surface area contributed by atoms with Gasteiger partial charge in [-0.3, -0.25) is 4.79 Å². The van der Waals surface area contributed by atoms with E-state index >= 15 is 0 Å². The van der Waals surface area contributed by atoms with Gasteiger partial charge in [-0.1, -0.05) is 31.4 Å². The highest BCUT2D eigenvalue weighted by molar-refractivity contribution is 7.90. The van der Waals surface area contributed by atoms with Crippen LogP contribution in [0, 0.1) is 0 Å². The van der Waals surface area contributed by atoms with Crippen molar-refractivity contribution in [2.45, 2.75) is 49.8 Å². The highest BCUT2D eigenvalue weighted by Gasteiger charge is 2.22.